The summed E-state index contributed by atoms with van der Waals surface area (Å²) in [6.45, 7) is 1.89. The molecule has 0 radical (unpaired) electrons. The number of urea groups is 1. The molecule has 1 fully saturated rings. The molecule has 0 spiro atoms. The highest BCUT2D eigenvalue weighted by Crippen LogP contribution is 2.16. The van der Waals surface area contributed by atoms with Gasteiger partial charge in [-0.2, -0.15) is 0 Å². The minimum atomic E-state index is -3.00. The van der Waals surface area contributed by atoms with E-state index in [1.807, 2.05) is 42.0 Å². The summed E-state index contributed by atoms with van der Waals surface area (Å²) in [7, 11) is -3.00. The summed E-state index contributed by atoms with van der Waals surface area (Å²) < 4.78 is 24.7. The van der Waals surface area contributed by atoms with Crippen LogP contribution in [0, 0.1) is 0 Å². The molecular formula is C16H20N4O3S. The largest absolute Gasteiger partial charge is 0.334 e. The molecule has 3 rings (SSSR count). The van der Waals surface area contributed by atoms with Gasteiger partial charge in [-0.3, -0.25) is 0 Å². The van der Waals surface area contributed by atoms with Crippen molar-refractivity contribution in [3.05, 3.63) is 48.5 Å². The van der Waals surface area contributed by atoms with Gasteiger partial charge in [0.05, 0.1) is 23.9 Å². The van der Waals surface area contributed by atoms with Crippen molar-refractivity contribution < 1.29 is 13.2 Å². The Morgan fingerprint density at radius 3 is 2.67 bits per heavy atom. The predicted molar refractivity (Wildman–Crippen MR) is 90.7 cm³/mol. The Kier molecular flexibility index (Phi) is 4.57. The van der Waals surface area contributed by atoms with Gasteiger partial charge < -0.3 is 15.2 Å². The second-order valence-electron chi connectivity index (χ2n) is 6.00. The van der Waals surface area contributed by atoms with Crippen LogP contribution in [-0.2, 0) is 9.84 Å². The zero-order valence-electron chi connectivity index (χ0n) is 13.3. The topological polar surface area (TPSA) is 93.1 Å². The van der Waals surface area contributed by atoms with E-state index in [0.29, 0.717) is 6.42 Å². The molecule has 0 unspecified atom stereocenters. The summed E-state index contributed by atoms with van der Waals surface area (Å²) in [6, 6.07) is 6.97. The highest BCUT2D eigenvalue weighted by Gasteiger charge is 2.29. The van der Waals surface area contributed by atoms with Gasteiger partial charge in [-0.05, 0) is 31.0 Å². The smallest absolute Gasteiger partial charge is 0.315 e. The van der Waals surface area contributed by atoms with Crippen molar-refractivity contribution in [3.8, 4) is 5.69 Å². The molecule has 128 valence electrons. The maximum atomic E-state index is 12.0. The SMILES string of the molecule is C[C@H](NC(=O)N[C@@H]1CCS(=O)(=O)C1)c1ccc(-n2ccnc2)cc1. The van der Waals surface area contributed by atoms with E-state index in [-0.39, 0.29) is 29.6 Å². The minimum Gasteiger partial charge on any atom is -0.334 e. The molecule has 2 amide bonds. The molecule has 1 aliphatic rings. The molecule has 0 bridgehead atoms. The number of imidazole rings is 1. The Morgan fingerprint density at radius 1 is 1.33 bits per heavy atom. The first-order valence-electron chi connectivity index (χ1n) is 7.79. The van der Waals surface area contributed by atoms with Crippen LogP contribution in [0.1, 0.15) is 24.9 Å². The van der Waals surface area contributed by atoms with Crippen LogP contribution < -0.4 is 10.6 Å². The van der Waals surface area contributed by atoms with Gasteiger partial charge in [0.2, 0.25) is 0 Å². The Morgan fingerprint density at radius 2 is 2.08 bits per heavy atom. The number of carbonyl (C=O) groups is 1. The molecule has 0 saturated carbocycles. The lowest BCUT2D eigenvalue weighted by Crippen LogP contribution is -2.43. The number of aromatic nitrogens is 2. The molecule has 2 atom stereocenters. The van der Waals surface area contributed by atoms with Crippen LogP contribution >= 0.6 is 0 Å². The quantitative estimate of drug-likeness (QED) is 0.874. The summed E-state index contributed by atoms with van der Waals surface area (Å²) in [5.41, 5.74) is 1.96. The molecule has 1 aromatic carbocycles. The molecule has 1 aromatic heterocycles. The number of amides is 2. The van der Waals surface area contributed by atoms with E-state index in [4.69, 9.17) is 0 Å². The normalized spacial score (nSPS) is 20.5. The standard InChI is InChI=1S/C16H20N4O3S/c1-12(18-16(21)19-14-6-9-24(22,23)10-14)13-2-4-15(5-3-13)20-8-7-17-11-20/h2-5,7-8,11-12,14H,6,9-10H2,1H3,(H2,18,19,21)/t12-,14+/m0/s1. The van der Waals surface area contributed by atoms with E-state index >= 15 is 0 Å². The number of nitrogens with zero attached hydrogens (tertiary/aromatic N) is 2. The minimum absolute atomic E-state index is 0.0222. The molecule has 1 saturated heterocycles. The lowest BCUT2D eigenvalue weighted by atomic mass is 10.1. The fourth-order valence-corrected chi connectivity index (χ4v) is 4.44. The average molecular weight is 348 g/mol. The molecular weight excluding hydrogens is 328 g/mol. The van der Waals surface area contributed by atoms with Gasteiger partial charge in [-0.1, -0.05) is 12.1 Å². The highest BCUT2D eigenvalue weighted by atomic mass is 32.2. The Labute approximate surface area is 141 Å². The van der Waals surface area contributed by atoms with Crippen molar-refractivity contribution in [1.82, 2.24) is 20.2 Å². The van der Waals surface area contributed by atoms with Crippen molar-refractivity contribution in [2.24, 2.45) is 0 Å². The maximum Gasteiger partial charge on any atom is 0.315 e. The molecule has 1 aliphatic heterocycles. The van der Waals surface area contributed by atoms with Crippen molar-refractivity contribution in [2.75, 3.05) is 11.5 Å². The number of hydrogen-bond donors (Lipinski definition) is 2. The Bertz CT molecular complexity index is 800. The van der Waals surface area contributed by atoms with E-state index in [2.05, 4.69) is 15.6 Å². The van der Waals surface area contributed by atoms with E-state index < -0.39 is 9.84 Å². The monoisotopic (exact) mass is 348 g/mol. The Balaban J connectivity index is 1.56. The first kappa shape index (κ1) is 16.5. The first-order valence-corrected chi connectivity index (χ1v) is 9.61. The maximum absolute atomic E-state index is 12.0. The number of sulfone groups is 1. The molecule has 0 aliphatic carbocycles. The second kappa shape index (κ2) is 6.64. The van der Waals surface area contributed by atoms with Crippen molar-refractivity contribution in [3.63, 3.8) is 0 Å². The first-order chi connectivity index (χ1) is 11.4. The molecule has 2 heterocycles. The number of nitrogens with one attached hydrogen (secondary N) is 2. The Hall–Kier alpha value is -2.35. The van der Waals surface area contributed by atoms with Crippen molar-refractivity contribution in [1.29, 1.82) is 0 Å². The van der Waals surface area contributed by atoms with Crippen LogP contribution in [0.4, 0.5) is 4.79 Å². The van der Waals surface area contributed by atoms with E-state index in [1.54, 1.807) is 12.5 Å². The number of carbonyl (C=O) groups excluding carboxylic acids is 1. The molecule has 24 heavy (non-hydrogen) atoms. The molecule has 2 aromatic rings. The lowest BCUT2D eigenvalue weighted by molar-refractivity contribution is 0.235. The summed E-state index contributed by atoms with van der Waals surface area (Å²) in [5, 5.41) is 5.57. The third-order valence-electron chi connectivity index (χ3n) is 4.11. The fourth-order valence-electron chi connectivity index (χ4n) is 2.76. The van der Waals surface area contributed by atoms with Crippen LogP contribution in [0.25, 0.3) is 5.69 Å². The zero-order valence-corrected chi connectivity index (χ0v) is 14.2. The average Bonchev–Trinajstić information content (AvgIpc) is 3.17. The van der Waals surface area contributed by atoms with Crippen LogP contribution in [0.15, 0.2) is 43.0 Å². The molecule has 7 nitrogen and oxygen atoms in total. The number of rotatable bonds is 4. The summed E-state index contributed by atoms with van der Waals surface area (Å²) in [4.78, 5) is 16.0. The van der Waals surface area contributed by atoms with E-state index in [9.17, 15) is 13.2 Å². The highest BCUT2D eigenvalue weighted by molar-refractivity contribution is 7.91. The predicted octanol–water partition coefficient (Wildman–Crippen LogP) is 1.42. The van der Waals surface area contributed by atoms with Crippen LogP contribution in [-0.4, -0.2) is 41.5 Å². The third-order valence-corrected chi connectivity index (χ3v) is 5.88. The fraction of sp³-hybridized carbons (Fsp3) is 0.375. The third kappa shape index (κ3) is 3.94. The van der Waals surface area contributed by atoms with Gasteiger partial charge in [0.1, 0.15) is 0 Å². The second-order valence-corrected chi connectivity index (χ2v) is 8.23. The molecule has 8 heteroatoms. The van der Waals surface area contributed by atoms with Gasteiger partial charge in [0.15, 0.2) is 9.84 Å². The van der Waals surface area contributed by atoms with E-state index in [1.165, 1.54) is 0 Å². The van der Waals surface area contributed by atoms with Gasteiger partial charge in [-0.25, -0.2) is 18.2 Å². The van der Waals surface area contributed by atoms with Crippen molar-refractivity contribution >= 4 is 15.9 Å². The van der Waals surface area contributed by atoms with Crippen molar-refractivity contribution in [2.45, 2.75) is 25.4 Å². The van der Waals surface area contributed by atoms with E-state index in [0.717, 1.165) is 11.3 Å². The van der Waals surface area contributed by atoms with Crippen LogP contribution in [0.2, 0.25) is 0 Å². The van der Waals surface area contributed by atoms with Crippen LogP contribution in [0.5, 0.6) is 0 Å². The summed E-state index contributed by atoms with van der Waals surface area (Å²) in [5.74, 6) is 0.164. The lowest BCUT2D eigenvalue weighted by Gasteiger charge is -2.17. The number of benzene rings is 1. The summed E-state index contributed by atoms with van der Waals surface area (Å²) >= 11 is 0. The molecule has 2 N–H and O–H groups in total. The zero-order chi connectivity index (χ0) is 17.2. The van der Waals surface area contributed by atoms with Gasteiger partial charge in [-0.15, -0.1) is 0 Å². The number of hydrogen-bond acceptors (Lipinski definition) is 4. The summed E-state index contributed by atoms with van der Waals surface area (Å²) in [6.07, 6.45) is 5.77. The van der Waals surface area contributed by atoms with Crippen LogP contribution in [0.3, 0.4) is 0 Å². The van der Waals surface area contributed by atoms with Gasteiger partial charge in [0.25, 0.3) is 0 Å². The van der Waals surface area contributed by atoms with Gasteiger partial charge >= 0.3 is 6.03 Å². The van der Waals surface area contributed by atoms with Gasteiger partial charge in [0, 0.05) is 24.1 Å².